The predicted octanol–water partition coefficient (Wildman–Crippen LogP) is 2.90. The van der Waals surface area contributed by atoms with Gasteiger partial charge in [0, 0.05) is 31.8 Å². The highest BCUT2D eigenvalue weighted by atomic mass is 19.4. The van der Waals surface area contributed by atoms with Gasteiger partial charge in [0.1, 0.15) is 6.61 Å². The number of alkyl halides is 3. The lowest BCUT2D eigenvalue weighted by Crippen LogP contribution is -2.41. The van der Waals surface area contributed by atoms with Crippen LogP contribution in [0.5, 0.6) is 0 Å². The standard InChI is InChI=1S/C16H18F3N3O3/c1-9-6-11(16(17,18)19)13-14(21-25-15(13)20-9)10-4-3-5-22(7-10)12(23)8-24-2/h6,10H,3-5,7-8H2,1-2H3/t10-/m1/s1. The van der Waals surface area contributed by atoms with Gasteiger partial charge in [-0.1, -0.05) is 5.16 Å². The summed E-state index contributed by atoms with van der Waals surface area (Å²) in [5, 5.41) is 3.76. The maximum absolute atomic E-state index is 13.4. The monoisotopic (exact) mass is 357 g/mol. The Morgan fingerprint density at radius 2 is 2.24 bits per heavy atom. The third-order valence-electron chi connectivity index (χ3n) is 4.33. The van der Waals surface area contributed by atoms with Gasteiger partial charge in [0.15, 0.2) is 0 Å². The molecule has 2 aromatic heterocycles. The van der Waals surface area contributed by atoms with E-state index in [9.17, 15) is 18.0 Å². The minimum absolute atomic E-state index is 0.0547. The first-order chi connectivity index (χ1) is 11.8. The van der Waals surface area contributed by atoms with Crippen molar-refractivity contribution >= 4 is 17.0 Å². The highest BCUT2D eigenvalue weighted by Crippen LogP contribution is 2.39. The van der Waals surface area contributed by atoms with Gasteiger partial charge in [-0.2, -0.15) is 13.2 Å². The number of hydrogen-bond donors (Lipinski definition) is 0. The highest BCUT2D eigenvalue weighted by molar-refractivity contribution is 5.82. The van der Waals surface area contributed by atoms with E-state index in [-0.39, 0.29) is 47.5 Å². The highest BCUT2D eigenvalue weighted by Gasteiger charge is 2.38. The van der Waals surface area contributed by atoms with Crippen LogP contribution in [0.4, 0.5) is 13.2 Å². The Hall–Kier alpha value is -2.16. The van der Waals surface area contributed by atoms with Gasteiger partial charge >= 0.3 is 6.18 Å². The number of halogens is 3. The molecule has 0 bridgehead atoms. The van der Waals surface area contributed by atoms with Crippen LogP contribution in [0, 0.1) is 6.92 Å². The van der Waals surface area contributed by atoms with Crippen molar-refractivity contribution in [1.82, 2.24) is 15.0 Å². The Labute approximate surface area is 141 Å². The summed E-state index contributed by atoms with van der Waals surface area (Å²) in [6, 6.07) is 1.000. The smallest absolute Gasteiger partial charge is 0.375 e. The number of aromatic nitrogens is 2. The number of rotatable bonds is 3. The molecule has 3 heterocycles. The van der Waals surface area contributed by atoms with E-state index >= 15 is 0 Å². The van der Waals surface area contributed by atoms with E-state index < -0.39 is 11.7 Å². The van der Waals surface area contributed by atoms with Gasteiger partial charge in [-0.15, -0.1) is 0 Å². The molecule has 1 amide bonds. The molecule has 0 radical (unpaired) electrons. The Kier molecular flexibility index (Phi) is 4.68. The second-order valence-corrected chi connectivity index (χ2v) is 6.17. The van der Waals surface area contributed by atoms with Crippen LogP contribution in [0.2, 0.25) is 0 Å². The summed E-state index contributed by atoms with van der Waals surface area (Å²) in [6.45, 7) is 2.26. The first-order valence-corrected chi connectivity index (χ1v) is 7.92. The molecule has 9 heteroatoms. The molecule has 0 saturated carbocycles. The normalized spacial score (nSPS) is 18.8. The molecule has 0 spiro atoms. The quantitative estimate of drug-likeness (QED) is 0.845. The maximum Gasteiger partial charge on any atom is 0.417 e. The molecular formula is C16H18F3N3O3. The zero-order valence-corrected chi connectivity index (χ0v) is 13.9. The number of likely N-dealkylation sites (tertiary alicyclic amines) is 1. The number of piperidine rings is 1. The number of hydrogen-bond acceptors (Lipinski definition) is 5. The summed E-state index contributed by atoms with van der Waals surface area (Å²) in [4.78, 5) is 17.6. The Bertz CT molecular complexity index is 788. The van der Waals surface area contributed by atoms with Crippen LogP contribution in [-0.2, 0) is 15.7 Å². The van der Waals surface area contributed by atoms with E-state index in [0.29, 0.717) is 19.4 Å². The summed E-state index contributed by atoms with van der Waals surface area (Å²) in [7, 11) is 1.42. The fourth-order valence-corrected chi connectivity index (χ4v) is 3.24. The summed E-state index contributed by atoms with van der Waals surface area (Å²) in [5.74, 6) is -0.522. The van der Waals surface area contributed by atoms with E-state index in [1.54, 1.807) is 4.90 Å². The van der Waals surface area contributed by atoms with Gasteiger partial charge in [0.25, 0.3) is 5.71 Å². The number of ether oxygens (including phenoxy) is 1. The first-order valence-electron chi connectivity index (χ1n) is 7.92. The van der Waals surface area contributed by atoms with Crippen molar-refractivity contribution in [3.63, 3.8) is 0 Å². The van der Waals surface area contributed by atoms with E-state index in [0.717, 1.165) is 6.07 Å². The minimum Gasteiger partial charge on any atom is -0.375 e. The molecule has 1 aliphatic rings. The molecule has 1 fully saturated rings. The van der Waals surface area contributed by atoms with Gasteiger partial charge in [-0.25, -0.2) is 4.98 Å². The summed E-state index contributed by atoms with van der Waals surface area (Å²) in [6.07, 6.45) is -3.23. The van der Waals surface area contributed by atoms with Crippen molar-refractivity contribution < 1.29 is 27.2 Å². The number of carbonyl (C=O) groups excluding carboxylic acids is 1. The maximum atomic E-state index is 13.4. The summed E-state index contributed by atoms with van der Waals surface area (Å²) in [5.41, 5.74) is -0.498. The fourth-order valence-electron chi connectivity index (χ4n) is 3.24. The second-order valence-electron chi connectivity index (χ2n) is 6.17. The van der Waals surface area contributed by atoms with Gasteiger partial charge < -0.3 is 14.2 Å². The molecule has 0 aliphatic carbocycles. The number of pyridine rings is 1. The largest absolute Gasteiger partial charge is 0.417 e. The average Bonchev–Trinajstić information content (AvgIpc) is 2.97. The molecule has 0 unspecified atom stereocenters. The van der Waals surface area contributed by atoms with E-state index in [1.807, 2.05) is 0 Å². The number of carbonyl (C=O) groups is 1. The summed E-state index contributed by atoms with van der Waals surface area (Å²) < 4.78 is 50.3. The average molecular weight is 357 g/mol. The lowest BCUT2D eigenvalue weighted by molar-refractivity contribution is -0.137. The third kappa shape index (κ3) is 3.46. The second kappa shape index (κ2) is 6.62. The Morgan fingerprint density at radius 3 is 2.92 bits per heavy atom. The van der Waals surface area contributed by atoms with Crippen molar-refractivity contribution in [3.05, 3.63) is 23.0 Å². The number of fused-ring (bicyclic) bond motifs is 1. The molecule has 1 saturated heterocycles. The van der Waals surface area contributed by atoms with Gasteiger partial charge in [-0.05, 0) is 25.8 Å². The first kappa shape index (κ1) is 17.7. The topological polar surface area (TPSA) is 68.5 Å². The SMILES string of the molecule is COCC(=O)N1CCC[C@@H](c2noc3nc(C)cc(C(F)(F)F)c23)C1. The van der Waals surface area contributed by atoms with Crippen molar-refractivity contribution in [3.8, 4) is 0 Å². The van der Waals surface area contributed by atoms with E-state index in [2.05, 4.69) is 10.1 Å². The molecule has 0 N–H and O–H groups in total. The molecule has 136 valence electrons. The number of amides is 1. The third-order valence-corrected chi connectivity index (χ3v) is 4.33. The number of methoxy groups -OCH3 is 1. The van der Waals surface area contributed by atoms with Crippen LogP contribution in [0.25, 0.3) is 11.1 Å². The lowest BCUT2D eigenvalue weighted by Gasteiger charge is -2.32. The minimum atomic E-state index is -4.54. The van der Waals surface area contributed by atoms with Crippen LogP contribution >= 0.6 is 0 Å². The molecule has 1 aliphatic heterocycles. The zero-order valence-electron chi connectivity index (χ0n) is 13.9. The van der Waals surface area contributed by atoms with Crippen LogP contribution < -0.4 is 0 Å². The van der Waals surface area contributed by atoms with Crippen molar-refractivity contribution in [1.29, 1.82) is 0 Å². The molecule has 6 nitrogen and oxygen atoms in total. The number of nitrogens with zero attached hydrogens (tertiary/aromatic N) is 3. The molecular weight excluding hydrogens is 339 g/mol. The van der Waals surface area contributed by atoms with Crippen molar-refractivity contribution in [2.75, 3.05) is 26.8 Å². The van der Waals surface area contributed by atoms with Crippen molar-refractivity contribution in [2.24, 2.45) is 0 Å². The van der Waals surface area contributed by atoms with Crippen LogP contribution in [0.15, 0.2) is 10.6 Å². The molecule has 0 aromatic carbocycles. The van der Waals surface area contributed by atoms with Gasteiger partial charge in [0.05, 0.1) is 16.6 Å². The Morgan fingerprint density at radius 1 is 1.48 bits per heavy atom. The fraction of sp³-hybridized carbons (Fsp3) is 0.562. The van der Waals surface area contributed by atoms with Crippen LogP contribution in [-0.4, -0.2) is 47.8 Å². The van der Waals surface area contributed by atoms with E-state index in [1.165, 1.54) is 14.0 Å². The van der Waals surface area contributed by atoms with Crippen LogP contribution in [0.1, 0.15) is 35.7 Å². The molecule has 2 aromatic rings. The van der Waals surface area contributed by atoms with Gasteiger partial charge in [0.2, 0.25) is 5.91 Å². The molecule has 1 atom stereocenters. The predicted molar refractivity (Wildman–Crippen MR) is 82.0 cm³/mol. The molecule has 25 heavy (non-hydrogen) atoms. The summed E-state index contributed by atoms with van der Waals surface area (Å²) >= 11 is 0. The van der Waals surface area contributed by atoms with Crippen LogP contribution in [0.3, 0.4) is 0 Å². The van der Waals surface area contributed by atoms with E-state index in [4.69, 9.17) is 9.26 Å². The zero-order chi connectivity index (χ0) is 18.2. The van der Waals surface area contributed by atoms with Crippen molar-refractivity contribution in [2.45, 2.75) is 31.9 Å². The lowest BCUT2D eigenvalue weighted by atomic mass is 9.91. The van der Waals surface area contributed by atoms with Gasteiger partial charge in [-0.3, -0.25) is 4.79 Å². The number of aryl methyl sites for hydroxylation is 1. The Balaban J connectivity index is 2.00. The molecule has 3 rings (SSSR count).